The zero-order valence-electron chi connectivity index (χ0n) is 9.57. The van der Waals surface area contributed by atoms with E-state index in [9.17, 15) is 0 Å². The third-order valence-corrected chi connectivity index (χ3v) is 4.15. The minimum absolute atomic E-state index is 0.601. The summed E-state index contributed by atoms with van der Waals surface area (Å²) in [5.41, 5.74) is 1.26. The average Bonchev–Trinajstić information content (AvgIpc) is 2.95. The van der Waals surface area contributed by atoms with Gasteiger partial charge in [0, 0.05) is 16.4 Å². The summed E-state index contributed by atoms with van der Waals surface area (Å²) < 4.78 is 1.38. The summed E-state index contributed by atoms with van der Waals surface area (Å²) in [6.45, 7) is 2.29. The van der Waals surface area contributed by atoms with Crippen molar-refractivity contribution in [2.75, 3.05) is 5.32 Å². The molecule has 1 N–H and O–H groups in total. The third-order valence-electron chi connectivity index (χ3n) is 3.25. The van der Waals surface area contributed by atoms with Crippen molar-refractivity contribution < 1.29 is 0 Å². The van der Waals surface area contributed by atoms with Crippen LogP contribution < -0.4 is 5.32 Å². The van der Waals surface area contributed by atoms with Crippen LogP contribution in [-0.2, 0) is 0 Å². The van der Waals surface area contributed by atoms with Crippen LogP contribution in [-0.4, -0.2) is 6.04 Å². The van der Waals surface area contributed by atoms with E-state index in [1.165, 1.54) is 35.0 Å². The van der Waals surface area contributed by atoms with E-state index < -0.39 is 0 Å². The molecule has 1 nitrogen and oxygen atoms in total. The van der Waals surface area contributed by atoms with Gasteiger partial charge in [0.05, 0.1) is 0 Å². The van der Waals surface area contributed by atoms with Crippen LogP contribution in [0.3, 0.4) is 0 Å². The highest BCUT2D eigenvalue weighted by molar-refractivity contribution is 7.17. The summed E-state index contributed by atoms with van der Waals surface area (Å²) >= 11 is 1.81. The zero-order valence-corrected chi connectivity index (χ0v) is 10.4. The first-order chi connectivity index (χ1) is 7.81. The molecule has 0 radical (unpaired) electrons. The van der Waals surface area contributed by atoms with Crippen LogP contribution in [0.1, 0.15) is 26.2 Å². The van der Waals surface area contributed by atoms with Crippen LogP contribution in [0.2, 0.25) is 0 Å². The quantitative estimate of drug-likeness (QED) is 0.816. The topological polar surface area (TPSA) is 12.0 Å². The molecule has 1 unspecified atom stereocenters. The molecule has 1 fully saturated rings. The fourth-order valence-electron chi connectivity index (χ4n) is 2.25. The van der Waals surface area contributed by atoms with E-state index in [1.54, 1.807) is 0 Å². The van der Waals surface area contributed by atoms with Gasteiger partial charge in [-0.05, 0) is 54.3 Å². The van der Waals surface area contributed by atoms with Crippen molar-refractivity contribution in [3.63, 3.8) is 0 Å². The highest BCUT2D eigenvalue weighted by Gasteiger charge is 2.23. The normalized spacial score (nSPS) is 17.6. The van der Waals surface area contributed by atoms with E-state index in [-0.39, 0.29) is 0 Å². The van der Waals surface area contributed by atoms with Crippen LogP contribution in [0.5, 0.6) is 0 Å². The highest BCUT2D eigenvalue weighted by atomic mass is 32.1. The van der Waals surface area contributed by atoms with Gasteiger partial charge in [-0.3, -0.25) is 0 Å². The molecule has 1 saturated carbocycles. The van der Waals surface area contributed by atoms with E-state index >= 15 is 0 Å². The average molecular weight is 231 g/mol. The predicted octanol–water partition coefficient (Wildman–Crippen LogP) is 4.50. The molecule has 1 aromatic heterocycles. The van der Waals surface area contributed by atoms with Crippen molar-refractivity contribution >= 4 is 27.1 Å². The van der Waals surface area contributed by atoms with Gasteiger partial charge in [-0.1, -0.05) is 12.8 Å². The Balaban J connectivity index is 1.72. The molecule has 2 aromatic rings. The molecular formula is C14H17NS. The van der Waals surface area contributed by atoms with Gasteiger partial charge in [-0.2, -0.15) is 0 Å². The van der Waals surface area contributed by atoms with Gasteiger partial charge < -0.3 is 5.32 Å². The van der Waals surface area contributed by atoms with Gasteiger partial charge in [0.25, 0.3) is 0 Å². The Morgan fingerprint density at radius 1 is 1.38 bits per heavy atom. The maximum Gasteiger partial charge on any atom is 0.0349 e. The van der Waals surface area contributed by atoms with Crippen molar-refractivity contribution in [3.05, 3.63) is 29.6 Å². The Hall–Kier alpha value is -1.02. The summed E-state index contributed by atoms with van der Waals surface area (Å²) in [7, 11) is 0. The van der Waals surface area contributed by atoms with Crippen molar-refractivity contribution in [2.24, 2.45) is 5.92 Å². The number of hydrogen-bond donors (Lipinski definition) is 1. The van der Waals surface area contributed by atoms with Gasteiger partial charge in [-0.15, -0.1) is 11.3 Å². The molecule has 1 aliphatic rings. The number of hydrogen-bond acceptors (Lipinski definition) is 2. The summed E-state index contributed by atoms with van der Waals surface area (Å²) in [5, 5.41) is 7.11. The maximum atomic E-state index is 3.60. The second-order valence-electron chi connectivity index (χ2n) is 4.90. The molecule has 0 spiro atoms. The molecule has 1 aliphatic carbocycles. The van der Waals surface area contributed by atoms with Gasteiger partial charge in [0.2, 0.25) is 0 Å². The van der Waals surface area contributed by atoms with Crippen molar-refractivity contribution in [1.29, 1.82) is 0 Å². The van der Waals surface area contributed by atoms with Crippen LogP contribution in [0.4, 0.5) is 5.69 Å². The molecule has 0 aliphatic heterocycles. The van der Waals surface area contributed by atoms with Crippen LogP contribution in [0.15, 0.2) is 29.6 Å². The number of nitrogens with one attached hydrogen (secondary N) is 1. The molecule has 2 heteroatoms. The first-order valence-electron chi connectivity index (χ1n) is 6.05. The van der Waals surface area contributed by atoms with Gasteiger partial charge in [-0.25, -0.2) is 0 Å². The van der Waals surface area contributed by atoms with Crippen LogP contribution in [0, 0.1) is 5.92 Å². The summed E-state index contributed by atoms with van der Waals surface area (Å²) in [6.07, 6.45) is 4.20. The molecular weight excluding hydrogens is 214 g/mol. The summed E-state index contributed by atoms with van der Waals surface area (Å²) in [4.78, 5) is 0. The Kier molecular flexibility index (Phi) is 2.60. The minimum atomic E-state index is 0.601. The monoisotopic (exact) mass is 231 g/mol. The maximum absolute atomic E-state index is 3.60. The molecule has 1 aromatic carbocycles. The number of fused-ring (bicyclic) bond motifs is 1. The molecule has 3 rings (SSSR count). The SMILES string of the molecule is CC(CC1CC1)Nc1ccc2sccc2c1. The van der Waals surface area contributed by atoms with E-state index in [0.717, 1.165) is 5.92 Å². The smallest absolute Gasteiger partial charge is 0.0349 e. The fourth-order valence-corrected chi connectivity index (χ4v) is 3.02. The molecule has 0 amide bonds. The van der Waals surface area contributed by atoms with Gasteiger partial charge >= 0.3 is 0 Å². The van der Waals surface area contributed by atoms with E-state index in [0.29, 0.717) is 6.04 Å². The second-order valence-corrected chi connectivity index (χ2v) is 5.85. The number of anilines is 1. The Labute approximate surface area is 100 Å². The van der Waals surface area contributed by atoms with Crippen molar-refractivity contribution in [1.82, 2.24) is 0 Å². The van der Waals surface area contributed by atoms with Crippen molar-refractivity contribution in [3.8, 4) is 0 Å². The summed E-state index contributed by atoms with van der Waals surface area (Å²) in [5.74, 6) is 0.993. The molecule has 84 valence electrons. The lowest BCUT2D eigenvalue weighted by Gasteiger charge is -2.14. The van der Waals surface area contributed by atoms with E-state index in [1.807, 2.05) is 11.3 Å². The molecule has 16 heavy (non-hydrogen) atoms. The van der Waals surface area contributed by atoms with Gasteiger partial charge in [0.1, 0.15) is 0 Å². The Morgan fingerprint density at radius 2 is 2.25 bits per heavy atom. The number of rotatable bonds is 4. The highest BCUT2D eigenvalue weighted by Crippen LogP contribution is 2.34. The first-order valence-corrected chi connectivity index (χ1v) is 6.93. The lowest BCUT2D eigenvalue weighted by molar-refractivity contribution is 0.642. The summed E-state index contributed by atoms with van der Waals surface area (Å²) in [6, 6.07) is 9.46. The van der Waals surface area contributed by atoms with Crippen molar-refractivity contribution in [2.45, 2.75) is 32.2 Å². The lowest BCUT2D eigenvalue weighted by atomic mass is 10.1. The minimum Gasteiger partial charge on any atom is -0.383 e. The number of thiophene rings is 1. The predicted molar refractivity (Wildman–Crippen MR) is 72.3 cm³/mol. The largest absolute Gasteiger partial charge is 0.383 e. The fraction of sp³-hybridized carbons (Fsp3) is 0.429. The molecule has 1 heterocycles. The first kappa shape index (κ1) is 10.2. The van der Waals surface area contributed by atoms with E-state index in [2.05, 4.69) is 41.9 Å². The van der Waals surface area contributed by atoms with Crippen LogP contribution in [0.25, 0.3) is 10.1 Å². The Morgan fingerprint density at radius 3 is 3.06 bits per heavy atom. The Bertz CT molecular complexity index is 484. The third kappa shape index (κ3) is 2.22. The van der Waals surface area contributed by atoms with Crippen LogP contribution >= 0.6 is 11.3 Å². The molecule has 0 saturated heterocycles. The molecule has 1 atom stereocenters. The lowest BCUT2D eigenvalue weighted by Crippen LogP contribution is -2.15. The van der Waals surface area contributed by atoms with E-state index in [4.69, 9.17) is 0 Å². The van der Waals surface area contributed by atoms with Gasteiger partial charge in [0.15, 0.2) is 0 Å². The second kappa shape index (κ2) is 4.10. The molecule has 0 bridgehead atoms. The zero-order chi connectivity index (χ0) is 11.0. The number of benzene rings is 1. The standard InChI is InChI=1S/C14H17NS/c1-10(8-11-2-3-11)15-13-4-5-14-12(9-13)6-7-16-14/h4-7,9-11,15H,2-3,8H2,1H3.